The number of ether oxygens (including phenoxy) is 4. The minimum Gasteiger partial charge on any atom is -0.462 e. The molecule has 0 unspecified atom stereocenters. The summed E-state index contributed by atoms with van der Waals surface area (Å²) in [5, 5.41) is 2.16. The molecule has 2 saturated heterocycles. The molecule has 38 heavy (non-hydrogen) atoms. The van der Waals surface area contributed by atoms with Crippen molar-refractivity contribution in [3.05, 3.63) is 60.7 Å². The monoisotopic (exact) mass is 540 g/mol. The topological polar surface area (TPSA) is 63.2 Å². The zero-order valence-corrected chi connectivity index (χ0v) is 25.4. The Kier molecular flexibility index (Phi) is 7.76. The molecule has 2 aromatic rings. The number of carbonyl (C=O) groups is 1. The third-order valence-corrected chi connectivity index (χ3v) is 12.8. The summed E-state index contributed by atoms with van der Waals surface area (Å²) in [5.74, 6) is -1.16. The number of fused-ring (bicyclic) bond motifs is 1. The number of carbonyl (C=O) groups excluding carboxylic acids is 1. The average Bonchev–Trinajstić information content (AvgIpc) is 3.27. The van der Waals surface area contributed by atoms with Crippen molar-refractivity contribution in [2.75, 3.05) is 13.2 Å². The summed E-state index contributed by atoms with van der Waals surface area (Å²) in [6, 6.07) is 21.0. The summed E-state index contributed by atoms with van der Waals surface area (Å²) in [4.78, 5) is 12.9. The van der Waals surface area contributed by atoms with Crippen LogP contribution < -0.4 is 10.4 Å². The van der Waals surface area contributed by atoms with Gasteiger partial charge < -0.3 is 23.4 Å². The fourth-order valence-corrected chi connectivity index (χ4v) is 10.2. The molecule has 0 bridgehead atoms. The second kappa shape index (κ2) is 10.2. The Balaban J connectivity index is 1.75. The summed E-state index contributed by atoms with van der Waals surface area (Å²) in [7, 11) is -2.85. The first kappa shape index (κ1) is 29.0. The molecule has 2 heterocycles. The van der Waals surface area contributed by atoms with Crippen molar-refractivity contribution in [1.29, 1.82) is 0 Å². The Morgan fingerprint density at radius 3 is 1.82 bits per heavy atom. The van der Waals surface area contributed by atoms with Gasteiger partial charge in [-0.1, -0.05) is 88.4 Å². The van der Waals surface area contributed by atoms with Crippen molar-refractivity contribution in [2.24, 2.45) is 11.3 Å². The molecule has 0 amide bonds. The van der Waals surface area contributed by atoms with Gasteiger partial charge in [0.25, 0.3) is 8.32 Å². The lowest BCUT2D eigenvalue weighted by Crippen LogP contribution is -2.68. The molecule has 0 spiro atoms. The molecule has 0 radical (unpaired) electrons. The standard InChI is InChI=1S/C31H44O6Si/c1-22-25-26(36-30(8,9)35-25)37-31(22,20-33-27(32)28(2,3)4)21-34-38(29(5,6)7,23-16-12-10-13-17-23)24-18-14-11-15-19-24/h10-19,22,25-26H,20-21H2,1-9H3/t22-,25+,26-,31+/m0/s1. The normalized spacial score (nSPS) is 27.2. The van der Waals surface area contributed by atoms with E-state index in [0.717, 1.165) is 0 Å². The molecule has 0 saturated carbocycles. The van der Waals surface area contributed by atoms with E-state index in [9.17, 15) is 4.79 Å². The Morgan fingerprint density at radius 2 is 1.37 bits per heavy atom. The third-order valence-electron chi connectivity index (χ3n) is 7.77. The van der Waals surface area contributed by atoms with E-state index in [1.807, 2.05) is 46.8 Å². The van der Waals surface area contributed by atoms with Gasteiger partial charge in [-0.25, -0.2) is 0 Å². The highest BCUT2D eigenvalue weighted by Crippen LogP contribution is 2.47. The smallest absolute Gasteiger partial charge is 0.311 e. The summed E-state index contributed by atoms with van der Waals surface area (Å²) >= 11 is 0. The summed E-state index contributed by atoms with van der Waals surface area (Å²) in [6.07, 6.45) is -0.850. The zero-order valence-electron chi connectivity index (χ0n) is 24.4. The van der Waals surface area contributed by atoms with Gasteiger partial charge in [-0.15, -0.1) is 0 Å². The van der Waals surface area contributed by atoms with E-state index < -0.39 is 31.4 Å². The van der Waals surface area contributed by atoms with Crippen LogP contribution in [-0.4, -0.2) is 51.3 Å². The minimum atomic E-state index is -2.85. The van der Waals surface area contributed by atoms with Crippen molar-refractivity contribution in [3.8, 4) is 0 Å². The van der Waals surface area contributed by atoms with Gasteiger partial charge in [0.05, 0.1) is 12.0 Å². The lowest BCUT2D eigenvalue weighted by Gasteiger charge is -2.45. The molecule has 0 aromatic heterocycles. The third kappa shape index (κ3) is 5.36. The maximum atomic E-state index is 12.9. The quantitative estimate of drug-likeness (QED) is 0.362. The molecular formula is C31H44O6Si. The van der Waals surface area contributed by atoms with Crippen LogP contribution in [0.5, 0.6) is 0 Å². The van der Waals surface area contributed by atoms with Crippen molar-refractivity contribution >= 4 is 24.7 Å². The first-order valence-electron chi connectivity index (χ1n) is 13.6. The summed E-state index contributed by atoms with van der Waals surface area (Å²) in [6.45, 7) is 18.4. The van der Waals surface area contributed by atoms with Gasteiger partial charge in [0.2, 0.25) is 0 Å². The van der Waals surface area contributed by atoms with Gasteiger partial charge in [0.15, 0.2) is 12.1 Å². The largest absolute Gasteiger partial charge is 0.462 e. The van der Waals surface area contributed by atoms with Crippen LogP contribution >= 0.6 is 0 Å². The van der Waals surface area contributed by atoms with Gasteiger partial charge >= 0.3 is 5.97 Å². The molecule has 2 aromatic carbocycles. The highest BCUT2D eigenvalue weighted by Gasteiger charge is 2.62. The Hall–Kier alpha value is -2.03. The number of benzene rings is 2. The highest BCUT2D eigenvalue weighted by molar-refractivity contribution is 6.99. The number of rotatable bonds is 7. The van der Waals surface area contributed by atoms with Crippen LogP contribution in [0.3, 0.4) is 0 Å². The minimum absolute atomic E-state index is 0.0582. The zero-order chi connectivity index (χ0) is 28.0. The van der Waals surface area contributed by atoms with Crippen LogP contribution in [0.15, 0.2) is 60.7 Å². The second-order valence-electron chi connectivity index (χ2n) is 13.2. The molecule has 2 fully saturated rings. The van der Waals surface area contributed by atoms with Crippen LogP contribution in [0.1, 0.15) is 62.3 Å². The molecule has 0 aliphatic carbocycles. The van der Waals surface area contributed by atoms with Crippen LogP contribution in [0.25, 0.3) is 0 Å². The predicted octanol–water partition coefficient (Wildman–Crippen LogP) is 5.04. The van der Waals surface area contributed by atoms with E-state index >= 15 is 0 Å². The average molecular weight is 541 g/mol. The molecule has 4 atom stereocenters. The second-order valence-corrected chi connectivity index (χ2v) is 17.5. The van der Waals surface area contributed by atoms with Gasteiger partial charge in [-0.2, -0.15) is 0 Å². The van der Waals surface area contributed by atoms with Crippen LogP contribution in [0.4, 0.5) is 0 Å². The fourth-order valence-electron chi connectivity index (χ4n) is 5.59. The van der Waals surface area contributed by atoms with Gasteiger partial charge in [0, 0.05) is 5.92 Å². The van der Waals surface area contributed by atoms with Crippen molar-refractivity contribution in [2.45, 2.75) is 91.1 Å². The molecule has 208 valence electrons. The maximum Gasteiger partial charge on any atom is 0.311 e. The van der Waals surface area contributed by atoms with E-state index in [4.69, 9.17) is 23.4 Å². The van der Waals surface area contributed by atoms with E-state index in [0.29, 0.717) is 0 Å². The van der Waals surface area contributed by atoms with Gasteiger partial charge in [-0.05, 0) is 50.0 Å². The fraction of sp³-hybridized carbons (Fsp3) is 0.581. The SMILES string of the molecule is C[C@H]1[C@H]2OC(C)(C)O[C@H]2O[C@]1(COC(=O)C(C)(C)C)CO[Si](c1ccccc1)(c1ccccc1)C(C)(C)C. The predicted molar refractivity (Wildman–Crippen MR) is 151 cm³/mol. The summed E-state index contributed by atoms with van der Waals surface area (Å²) in [5.41, 5.74) is -1.56. The van der Waals surface area contributed by atoms with E-state index in [1.54, 1.807) is 0 Å². The van der Waals surface area contributed by atoms with Crippen LogP contribution in [-0.2, 0) is 28.2 Å². The molecule has 7 heteroatoms. The van der Waals surface area contributed by atoms with E-state index in [-0.39, 0.29) is 36.2 Å². The molecule has 2 aliphatic heterocycles. The molecular weight excluding hydrogens is 496 g/mol. The Bertz CT molecular complexity index is 1070. The van der Waals surface area contributed by atoms with Crippen LogP contribution in [0, 0.1) is 11.3 Å². The maximum absolute atomic E-state index is 12.9. The summed E-state index contributed by atoms with van der Waals surface area (Å²) < 4.78 is 32.2. The number of hydrogen-bond donors (Lipinski definition) is 0. The Labute approximate surface area is 229 Å². The van der Waals surface area contributed by atoms with Crippen molar-refractivity contribution in [3.63, 3.8) is 0 Å². The van der Waals surface area contributed by atoms with E-state index in [2.05, 4.69) is 76.2 Å². The van der Waals surface area contributed by atoms with Crippen molar-refractivity contribution in [1.82, 2.24) is 0 Å². The van der Waals surface area contributed by atoms with E-state index in [1.165, 1.54) is 10.4 Å². The lowest BCUT2D eigenvalue weighted by atomic mass is 9.88. The lowest BCUT2D eigenvalue weighted by molar-refractivity contribution is -0.246. The highest BCUT2D eigenvalue weighted by atomic mass is 28.4. The van der Waals surface area contributed by atoms with Crippen LogP contribution in [0.2, 0.25) is 5.04 Å². The first-order chi connectivity index (χ1) is 17.6. The number of hydrogen-bond acceptors (Lipinski definition) is 6. The van der Waals surface area contributed by atoms with Gasteiger partial charge in [0.1, 0.15) is 18.3 Å². The van der Waals surface area contributed by atoms with Gasteiger partial charge in [-0.3, -0.25) is 4.79 Å². The molecule has 0 N–H and O–H groups in total. The first-order valence-corrected chi connectivity index (χ1v) is 15.5. The molecule has 2 aliphatic rings. The van der Waals surface area contributed by atoms with Crippen molar-refractivity contribution < 1.29 is 28.2 Å². The number of esters is 1. The Morgan fingerprint density at radius 1 is 0.842 bits per heavy atom. The molecule has 4 rings (SSSR count). The molecule has 6 nitrogen and oxygen atoms in total.